The molecule has 40 heavy (non-hydrogen) atoms. The summed E-state index contributed by atoms with van der Waals surface area (Å²) in [5.41, 5.74) is 4.55. The van der Waals surface area contributed by atoms with E-state index in [1.54, 1.807) is 0 Å². The molecule has 1 aliphatic carbocycles. The highest BCUT2D eigenvalue weighted by molar-refractivity contribution is 7.99. The van der Waals surface area contributed by atoms with Gasteiger partial charge in [-0.25, -0.2) is 14.4 Å². The van der Waals surface area contributed by atoms with Gasteiger partial charge >= 0.3 is 0 Å². The fourth-order valence-corrected chi connectivity index (χ4v) is 6.04. The number of rotatable bonds is 9. The summed E-state index contributed by atoms with van der Waals surface area (Å²) in [4.78, 5) is 24.2. The molecule has 1 saturated carbocycles. The third kappa shape index (κ3) is 5.50. The van der Waals surface area contributed by atoms with Gasteiger partial charge in [-0.3, -0.25) is 9.48 Å². The number of halogens is 1. The summed E-state index contributed by atoms with van der Waals surface area (Å²) in [7, 11) is 0. The summed E-state index contributed by atoms with van der Waals surface area (Å²) in [5.74, 6) is 2.02. The first kappa shape index (κ1) is 27.9. The van der Waals surface area contributed by atoms with Crippen molar-refractivity contribution in [1.82, 2.24) is 19.7 Å². The molecule has 0 spiro atoms. The summed E-state index contributed by atoms with van der Waals surface area (Å²) < 4.78 is 16.0. The first-order chi connectivity index (χ1) is 19.1. The van der Waals surface area contributed by atoms with E-state index in [0.717, 1.165) is 51.6 Å². The van der Waals surface area contributed by atoms with Crippen LogP contribution in [-0.4, -0.2) is 44.9 Å². The van der Waals surface area contributed by atoms with Gasteiger partial charge in [-0.1, -0.05) is 20.1 Å². The SMILES string of the molecule is C=C(CC)C1(n2nc(Nc3nc(Sc4ccc(NC(C)=O)cc4)nc(N4CCC(F)CC4)c3C)cc2C)CC1=C. The van der Waals surface area contributed by atoms with E-state index >= 15 is 0 Å². The summed E-state index contributed by atoms with van der Waals surface area (Å²) >= 11 is 1.43. The number of anilines is 4. The van der Waals surface area contributed by atoms with Crippen LogP contribution in [-0.2, 0) is 10.3 Å². The van der Waals surface area contributed by atoms with Gasteiger partial charge in [-0.2, -0.15) is 5.10 Å². The number of aromatic nitrogens is 4. The average Bonchev–Trinajstić information content (AvgIpc) is 3.46. The average molecular weight is 562 g/mol. The van der Waals surface area contributed by atoms with Crippen LogP contribution in [0.2, 0.25) is 0 Å². The van der Waals surface area contributed by atoms with Crippen molar-refractivity contribution in [1.29, 1.82) is 0 Å². The van der Waals surface area contributed by atoms with E-state index in [-0.39, 0.29) is 11.4 Å². The van der Waals surface area contributed by atoms with Gasteiger partial charge in [0.15, 0.2) is 11.0 Å². The Balaban J connectivity index is 1.47. The minimum Gasteiger partial charge on any atom is -0.356 e. The minimum absolute atomic E-state index is 0.117. The molecule has 8 nitrogen and oxygen atoms in total. The van der Waals surface area contributed by atoms with Crippen LogP contribution in [0.25, 0.3) is 0 Å². The van der Waals surface area contributed by atoms with Crippen molar-refractivity contribution in [3.63, 3.8) is 0 Å². The van der Waals surface area contributed by atoms with Gasteiger partial charge in [0.1, 0.15) is 23.3 Å². The lowest BCUT2D eigenvalue weighted by molar-refractivity contribution is -0.114. The molecule has 1 unspecified atom stereocenters. The Bertz CT molecular complexity index is 1460. The van der Waals surface area contributed by atoms with Gasteiger partial charge in [0.2, 0.25) is 5.91 Å². The minimum atomic E-state index is -0.777. The molecule has 1 amide bonds. The highest BCUT2D eigenvalue weighted by Gasteiger charge is 2.52. The number of amides is 1. The smallest absolute Gasteiger partial charge is 0.221 e. The maximum absolute atomic E-state index is 13.9. The number of benzene rings is 1. The second kappa shape index (κ2) is 11.1. The van der Waals surface area contributed by atoms with E-state index in [2.05, 4.69) is 35.6 Å². The van der Waals surface area contributed by atoms with Crippen LogP contribution in [0.3, 0.4) is 0 Å². The molecule has 1 saturated heterocycles. The Kier molecular flexibility index (Phi) is 7.72. The summed E-state index contributed by atoms with van der Waals surface area (Å²) in [6, 6.07) is 9.57. The molecule has 1 aliphatic heterocycles. The third-order valence-electron chi connectivity index (χ3n) is 7.64. The van der Waals surface area contributed by atoms with Crippen molar-refractivity contribution in [3.8, 4) is 0 Å². The number of carbonyl (C=O) groups excluding carboxylic acids is 1. The summed E-state index contributed by atoms with van der Waals surface area (Å²) in [6.07, 6.45) is 1.90. The number of allylic oxidation sites excluding steroid dienone is 2. The first-order valence-corrected chi connectivity index (χ1v) is 14.5. The fraction of sp³-hybridized carbons (Fsp3) is 0.400. The van der Waals surface area contributed by atoms with Crippen molar-refractivity contribution < 1.29 is 9.18 Å². The predicted octanol–water partition coefficient (Wildman–Crippen LogP) is 6.70. The molecule has 5 rings (SSSR count). The zero-order chi connectivity index (χ0) is 28.6. The number of aryl methyl sites for hydroxylation is 1. The highest BCUT2D eigenvalue weighted by Crippen LogP contribution is 2.55. The maximum Gasteiger partial charge on any atom is 0.221 e. The second-order valence-electron chi connectivity index (χ2n) is 10.6. The molecular formula is C30H36FN7OS. The topological polar surface area (TPSA) is 88.0 Å². The second-order valence-corrected chi connectivity index (χ2v) is 11.6. The fourth-order valence-electron chi connectivity index (χ4n) is 5.28. The monoisotopic (exact) mass is 561 g/mol. The maximum atomic E-state index is 13.9. The largest absolute Gasteiger partial charge is 0.356 e. The van der Waals surface area contributed by atoms with E-state index in [4.69, 9.17) is 15.1 Å². The Morgan fingerprint density at radius 2 is 1.88 bits per heavy atom. The first-order valence-electron chi connectivity index (χ1n) is 13.6. The van der Waals surface area contributed by atoms with E-state index in [1.807, 2.05) is 48.9 Å². The van der Waals surface area contributed by atoms with E-state index in [0.29, 0.717) is 42.7 Å². The van der Waals surface area contributed by atoms with Gasteiger partial charge in [-0.05, 0) is 80.3 Å². The van der Waals surface area contributed by atoms with Crippen molar-refractivity contribution in [2.75, 3.05) is 28.6 Å². The predicted molar refractivity (Wildman–Crippen MR) is 159 cm³/mol. The molecule has 0 radical (unpaired) electrons. The molecule has 1 aromatic carbocycles. The number of alkyl halides is 1. The standard InChI is InChI=1S/C30H36FN7OS/c1-7-18(2)30(17-19(30)3)38-20(4)16-26(36-38)33-27-21(5)28(37-14-12-23(31)13-15-37)35-29(34-27)40-25-10-8-24(9-11-25)32-22(6)39/h8-11,16,23H,2-3,7,12-15,17H2,1,4-6H3,(H,32,39)(H,33,34,35,36). The van der Waals surface area contributed by atoms with Crippen LogP contribution >= 0.6 is 11.8 Å². The van der Waals surface area contributed by atoms with Crippen molar-refractivity contribution >= 4 is 40.8 Å². The van der Waals surface area contributed by atoms with E-state index in [9.17, 15) is 9.18 Å². The van der Waals surface area contributed by atoms with Crippen LogP contribution in [0, 0.1) is 13.8 Å². The Hall–Kier alpha value is -3.66. The molecule has 10 heteroatoms. The molecule has 2 aliphatic rings. The van der Waals surface area contributed by atoms with E-state index < -0.39 is 6.17 Å². The molecular weight excluding hydrogens is 525 g/mol. The lowest BCUT2D eigenvalue weighted by atomic mass is 10.0. The van der Waals surface area contributed by atoms with Crippen molar-refractivity contribution in [2.24, 2.45) is 0 Å². The molecule has 210 valence electrons. The Morgan fingerprint density at radius 3 is 2.48 bits per heavy atom. The number of hydrogen-bond donors (Lipinski definition) is 2. The number of nitrogens with one attached hydrogen (secondary N) is 2. The van der Waals surface area contributed by atoms with Crippen molar-refractivity contribution in [3.05, 3.63) is 65.9 Å². The lowest BCUT2D eigenvalue weighted by Crippen LogP contribution is -2.35. The molecule has 3 heterocycles. The van der Waals surface area contributed by atoms with Crippen LogP contribution in [0.5, 0.6) is 0 Å². The third-order valence-corrected chi connectivity index (χ3v) is 8.52. The van der Waals surface area contributed by atoms with Gasteiger partial charge < -0.3 is 15.5 Å². The number of piperidine rings is 1. The quantitative estimate of drug-likeness (QED) is 0.222. The Labute approximate surface area is 239 Å². The van der Waals surface area contributed by atoms with Crippen molar-refractivity contribution in [2.45, 2.75) is 75.1 Å². The number of carbonyl (C=O) groups is 1. The number of hydrogen-bond acceptors (Lipinski definition) is 7. The lowest BCUT2D eigenvalue weighted by Gasteiger charge is -2.31. The molecule has 2 N–H and O–H groups in total. The van der Waals surface area contributed by atoms with Crippen LogP contribution < -0.4 is 15.5 Å². The van der Waals surface area contributed by atoms with Gasteiger partial charge in [0.25, 0.3) is 0 Å². The normalized spacial score (nSPS) is 19.0. The molecule has 0 bridgehead atoms. The van der Waals surface area contributed by atoms with Crippen LogP contribution in [0.4, 0.5) is 27.5 Å². The molecule has 1 atom stereocenters. The van der Waals surface area contributed by atoms with Gasteiger partial charge in [0.05, 0.1) is 0 Å². The molecule has 2 fully saturated rings. The summed E-state index contributed by atoms with van der Waals surface area (Å²) in [6.45, 7) is 17.4. The van der Waals surface area contributed by atoms with Crippen LogP contribution in [0.1, 0.15) is 50.8 Å². The van der Waals surface area contributed by atoms with Crippen LogP contribution in [0.15, 0.2) is 64.7 Å². The summed E-state index contributed by atoms with van der Waals surface area (Å²) in [5, 5.41) is 11.7. The van der Waals surface area contributed by atoms with Gasteiger partial charge in [-0.15, -0.1) is 0 Å². The molecule has 2 aromatic heterocycles. The zero-order valence-electron chi connectivity index (χ0n) is 23.6. The van der Waals surface area contributed by atoms with E-state index in [1.165, 1.54) is 18.7 Å². The molecule has 3 aromatic rings. The number of nitrogens with zero attached hydrogens (tertiary/aromatic N) is 5. The zero-order valence-corrected chi connectivity index (χ0v) is 24.4. The Morgan fingerprint density at radius 1 is 1.20 bits per heavy atom. The highest BCUT2D eigenvalue weighted by atomic mass is 32.2. The van der Waals surface area contributed by atoms with Gasteiger partial charge in [0, 0.05) is 54.3 Å².